The van der Waals surface area contributed by atoms with Crippen molar-refractivity contribution in [3.8, 4) is 0 Å². The average molecular weight is 343 g/mol. The highest BCUT2D eigenvalue weighted by Crippen LogP contribution is 2.49. The SMILES string of the molecule is CC(=O)Nc1ccc(NC(C)C(=O)NC(C)C2CC3CCC2C3)cc1. The van der Waals surface area contributed by atoms with Gasteiger partial charge in [-0.2, -0.15) is 0 Å². The normalized spacial score (nSPS) is 26.8. The van der Waals surface area contributed by atoms with E-state index < -0.39 is 0 Å². The summed E-state index contributed by atoms with van der Waals surface area (Å²) in [6.07, 6.45) is 5.36. The fourth-order valence-corrected chi connectivity index (χ4v) is 4.53. The number of amides is 2. The molecule has 2 amide bonds. The van der Waals surface area contributed by atoms with Gasteiger partial charge in [-0.15, -0.1) is 0 Å². The number of carbonyl (C=O) groups excluding carboxylic acids is 2. The fraction of sp³-hybridized carbons (Fsp3) is 0.600. The maximum atomic E-state index is 12.5. The molecule has 3 rings (SSSR count). The molecule has 2 saturated carbocycles. The van der Waals surface area contributed by atoms with Gasteiger partial charge < -0.3 is 16.0 Å². The molecule has 0 aliphatic heterocycles. The number of carbonyl (C=O) groups is 2. The van der Waals surface area contributed by atoms with Gasteiger partial charge in [0.25, 0.3) is 0 Å². The van der Waals surface area contributed by atoms with E-state index in [9.17, 15) is 9.59 Å². The maximum Gasteiger partial charge on any atom is 0.242 e. The van der Waals surface area contributed by atoms with E-state index in [-0.39, 0.29) is 23.9 Å². The number of anilines is 2. The lowest BCUT2D eigenvalue weighted by Crippen LogP contribution is -2.46. The van der Waals surface area contributed by atoms with E-state index in [1.165, 1.54) is 32.6 Å². The highest BCUT2D eigenvalue weighted by Gasteiger charge is 2.42. The smallest absolute Gasteiger partial charge is 0.242 e. The van der Waals surface area contributed by atoms with Gasteiger partial charge >= 0.3 is 0 Å². The molecule has 1 aromatic carbocycles. The minimum absolute atomic E-state index is 0.0428. The highest BCUT2D eigenvalue weighted by atomic mass is 16.2. The molecule has 0 aromatic heterocycles. The molecule has 2 fully saturated rings. The third-order valence-corrected chi connectivity index (χ3v) is 5.79. The van der Waals surface area contributed by atoms with Crippen molar-refractivity contribution < 1.29 is 9.59 Å². The first-order valence-corrected chi connectivity index (χ1v) is 9.37. The Balaban J connectivity index is 1.49. The number of hydrogen-bond acceptors (Lipinski definition) is 3. The molecule has 25 heavy (non-hydrogen) atoms. The van der Waals surface area contributed by atoms with E-state index in [0.29, 0.717) is 5.92 Å². The lowest BCUT2D eigenvalue weighted by Gasteiger charge is -2.29. The lowest BCUT2D eigenvalue weighted by molar-refractivity contribution is -0.122. The number of benzene rings is 1. The van der Waals surface area contributed by atoms with Crippen molar-refractivity contribution in [2.75, 3.05) is 10.6 Å². The summed E-state index contributed by atoms with van der Waals surface area (Å²) in [7, 11) is 0. The van der Waals surface area contributed by atoms with E-state index in [0.717, 1.165) is 23.2 Å². The number of rotatable bonds is 6. The van der Waals surface area contributed by atoms with Crippen LogP contribution < -0.4 is 16.0 Å². The Bertz CT molecular complexity index is 628. The van der Waals surface area contributed by atoms with Crippen molar-refractivity contribution in [2.45, 2.75) is 58.5 Å². The molecule has 5 nitrogen and oxygen atoms in total. The monoisotopic (exact) mass is 343 g/mol. The Morgan fingerprint density at radius 1 is 1.04 bits per heavy atom. The first-order chi connectivity index (χ1) is 11.9. The van der Waals surface area contributed by atoms with Crippen LogP contribution in [0, 0.1) is 17.8 Å². The van der Waals surface area contributed by atoms with Gasteiger partial charge in [-0.05, 0) is 75.1 Å². The molecule has 2 aliphatic rings. The molecule has 0 heterocycles. The van der Waals surface area contributed by atoms with Crippen molar-refractivity contribution in [3.63, 3.8) is 0 Å². The summed E-state index contributed by atoms with van der Waals surface area (Å²) in [5.74, 6) is 2.30. The molecule has 1 aromatic rings. The summed E-state index contributed by atoms with van der Waals surface area (Å²) in [6, 6.07) is 7.34. The topological polar surface area (TPSA) is 70.2 Å². The molecule has 0 radical (unpaired) electrons. The Labute approximate surface area is 150 Å². The van der Waals surface area contributed by atoms with Crippen LogP contribution in [0.3, 0.4) is 0 Å². The van der Waals surface area contributed by atoms with Gasteiger partial charge in [-0.1, -0.05) is 6.42 Å². The molecular weight excluding hydrogens is 314 g/mol. The summed E-state index contributed by atoms with van der Waals surface area (Å²) in [5, 5.41) is 9.17. The zero-order valence-electron chi connectivity index (χ0n) is 15.3. The van der Waals surface area contributed by atoms with Crippen LogP contribution in [0.2, 0.25) is 0 Å². The lowest BCUT2D eigenvalue weighted by atomic mass is 9.84. The zero-order chi connectivity index (χ0) is 18.0. The summed E-state index contributed by atoms with van der Waals surface area (Å²) < 4.78 is 0. The second-order valence-electron chi connectivity index (χ2n) is 7.76. The van der Waals surface area contributed by atoms with Crippen LogP contribution in [0.1, 0.15) is 46.5 Å². The minimum atomic E-state index is -0.298. The second-order valence-corrected chi connectivity index (χ2v) is 7.76. The Morgan fingerprint density at radius 2 is 1.72 bits per heavy atom. The van der Waals surface area contributed by atoms with E-state index >= 15 is 0 Å². The molecule has 3 N–H and O–H groups in total. The maximum absolute atomic E-state index is 12.5. The molecule has 2 aliphatic carbocycles. The van der Waals surface area contributed by atoms with E-state index in [2.05, 4.69) is 22.9 Å². The van der Waals surface area contributed by atoms with Gasteiger partial charge in [0.1, 0.15) is 6.04 Å². The van der Waals surface area contributed by atoms with Crippen LogP contribution in [-0.2, 0) is 9.59 Å². The van der Waals surface area contributed by atoms with Crippen LogP contribution in [0.15, 0.2) is 24.3 Å². The highest BCUT2D eigenvalue weighted by molar-refractivity contribution is 5.89. The Morgan fingerprint density at radius 3 is 2.28 bits per heavy atom. The summed E-state index contributed by atoms with van der Waals surface area (Å²) in [6.45, 7) is 5.51. The third kappa shape index (κ3) is 4.33. The van der Waals surface area contributed by atoms with Crippen molar-refractivity contribution in [2.24, 2.45) is 17.8 Å². The van der Waals surface area contributed by atoms with Crippen molar-refractivity contribution in [1.29, 1.82) is 0 Å². The zero-order valence-corrected chi connectivity index (χ0v) is 15.3. The summed E-state index contributed by atoms with van der Waals surface area (Å²) in [4.78, 5) is 23.5. The Kier molecular flexibility index (Phi) is 5.30. The van der Waals surface area contributed by atoms with E-state index in [4.69, 9.17) is 0 Å². The van der Waals surface area contributed by atoms with Crippen LogP contribution in [0.4, 0.5) is 11.4 Å². The summed E-state index contributed by atoms with van der Waals surface area (Å²) >= 11 is 0. The molecule has 0 saturated heterocycles. The largest absolute Gasteiger partial charge is 0.374 e. The third-order valence-electron chi connectivity index (χ3n) is 5.79. The molecule has 5 atom stereocenters. The average Bonchev–Trinajstić information content (AvgIpc) is 3.19. The standard InChI is InChI=1S/C20H29N3O2/c1-12(19-11-15-4-5-16(19)10-15)22-20(25)13(2)21-17-6-8-18(9-7-17)23-14(3)24/h6-9,12-13,15-16,19,21H,4-5,10-11H2,1-3H3,(H,22,25)(H,23,24). The van der Waals surface area contributed by atoms with Gasteiger partial charge in [0.05, 0.1) is 0 Å². The van der Waals surface area contributed by atoms with E-state index in [1.54, 1.807) is 0 Å². The molecule has 136 valence electrons. The predicted octanol–water partition coefficient (Wildman–Crippen LogP) is 3.39. The van der Waals surface area contributed by atoms with Crippen LogP contribution in [-0.4, -0.2) is 23.9 Å². The van der Waals surface area contributed by atoms with Gasteiger partial charge in [-0.25, -0.2) is 0 Å². The molecular formula is C20H29N3O2. The quantitative estimate of drug-likeness (QED) is 0.741. The van der Waals surface area contributed by atoms with E-state index in [1.807, 2.05) is 31.2 Å². The minimum Gasteiger partial charge on any atom is -0.374 e. The number of nitrogens with one attached hydrogen (secondary N) is 3. The van der Waals surface area contributed by atoms with Crippen molar-refractivity contribution >= 4 is 23.2 Å². The molecule has 5 heteroatoms. The fourth-order valence-electron chi connectivity index (χ4n) is 4.53. The molecule has 0 spiro atoms. The first-order valence-electron chi connectivity index (χ1n) is 9.37. The number of fused-ring (bicyclic) bond motifs is 2. The van der Waals surface area contributed by atoms with Crippen LogP contribution in [0.5, 0.6) is 0 Å². The Hall–Kier alpha value is -2.04. The second kappa shape index (κ2) is 7.46. The van der Waals surface area contributed by atoms with Crippen molar-refractivity contribution in [1.82, 2.24) is 5.32 Å². The van der Waals surface area contributed by atoms with Crippen molar-refractivity contribution in [3.05, 3.63) is 24.3 Å². The van der Waals surface area contributed by atoms with Crippen LogP contribution >= 0.6 is 0 Å². The predicted molar refractivity (Wildman–Crippen MR) is 100 cm³/mol. The van der Waals surface area contributed by atoms with Gasteiger partial charge in [0.15, 0.2) is 0 Å². The molecule has 2 bridgehead atoms. The van der Waals surface area contributed by atoms with Crippen LogP contribution in [0.25, 0.3) is 0 Å². The van der Waals surface area contributed by atoms with Gasteiger partial charge in [0, 0.05) is 24.3 Å². The summed E-state index contributed by atoms with van der Waals surface area (Å²) in [5.41, 5.74) is 1.62. The number of hydrogen-bond donors (Lipinski definition) is 3. The van der Waals surface area contributed by atoms with Gasteiger partial charge in [0.2, 0.25) is 11.8 Å². The molecule has 5 unspecified atom stereocenters. The first kappa shape index (κ1) is 17.8. The van der Waals surface area contributed by atoms with Gasteiger partial charge in [-0.3, -0.25) is 9.59 Å².